The van der Waals surface area contributed by atoms with Gasteiger partial charge in [-0.2, -0.15) is 0 Å². The van der Waals surface area contributed by atoms with Gasteiger partial charge in [-0.05, 0) is 24.3 Å². The van der Waals surface area contributed by atoms with Crippen LogP contribution < -0.4 is 10.6 Å². The Morgan fingerprint density at radius 1 is 1.05 bits per heavy atom. The molecule has 0 aliphatic carbocycles. The third-order valence-corrected chi connectivity index (χ3v) is 4.37. The van der Waals surface area contributed by atoms with E-state index in [4.69, 9.17) is 0 Å². The number of hydrogen-bond acceptors (Lipinski definition) is 3. The van der Waals surface area contributed by atoms with Crippen LogP contribution in [-0.2, 0) is 16.0 Å². The van der Waals surface area contributed by atoms with Crippen molar-refractivity contribution in [3.8, 4) is 0 Å². The number of imide groups is 2. The SMILES string of the molecule is CC[C@@H](C)C1(CCc2ccccc2)C(=O)NC(=O)NC1=O. The highest BCUT2D eigenvalue weighted by atomic mass is 16.2. The Hall–Kier alpha value is -2.17. The molecule has 21 heavy (non-hydrogen) atoms. The van der Waals surface area contributed by atoms with Gasteiger partial charge in [-0.1, -0.05) is 50.6 Å². The Kier molecular flexibility index (Phi) is 4.40. The second kappa shape index (κ2) is 6.08. The normalized spacial score (nSPS) is 18.9. The van der Waals surface area contributed by atoms with Gasteiger partial charge in [0.25, 0.3) is 0 Å². The summed E-state index contributed by atoms with van der Waals surface area (Å²) in [6.07, 6.45) is 1.68. The Labute approximate surface area is 124 Å². The van der Waals surface area contributed by atoms with Gasteiger partial charge in [-0.15, -0.1) is 0 Å². The smallest absolute Gasteiger partial charge is 0.277 e. The fraction of sp³-hybridized carbons (Fsp3) is 0.438. The molecule has 1 aliphatic heterocycles. The van der Waals surface area contributed by atoms with Crippen molar-refractivity contribution in [2.45, 2.75) is 33.1 Å². The first kappa shape index (κ1) is 15.2. The molecule has 1 saturated heterocycles. The Balaban J connectivity index is 2.27. The molecule has 0 spiro atoms. The van der Waals surface area contributed by atoms with Gasteiger partial charge < -0.3 is 0 Å². The quantitative estimate of drug-likeness (QED) is 0.814. The lowest BCUT2D eigenvalue weighted by Gasteiger charge is -2.38. The first-order valence-corrected chi connectivity index (χ1v) is 7.21. The van der Waals surface area contributed by atoms with E-state index in [-0.39, 0.29) is 5.92 Å². The topological polar surface area (TPSA) is 75.3 Å². The molecule has 0 saturated carbocycles. The molecule has 0 radical (unpaired) electrons. The predicted molar refractivity (Wildman–Crippen MR) is 78.3 cm³/mol. The number of amides is 4. The lowest BCUT2D eigenvalue weighted by atomic mass is 9.69. The van der Waals surface area contributed by atoms with E-state index < -0.39 is 23.3 Å². The number of carbonyl (C=O) groups excluding carboxylic acids is 3. The summed E-state index contributed by atoms with van der Waals surface area (Å²) < 4.78 is 0. The monoisotopic (exact) mass is 288 g/mol. The number of nitrogens with one attached hydrogen (secondary N) is 2. The molecule has 0 bridgehead atoms. The molecule has 1 heterocycles. The highest BCUT2D eigenvalue weighted by Gasteiger charge is 2.52. The first-order valence-electron chi connectivity index (χ1n) is 7.21. The molecule has 5 heteroatoms. The number of aryl methyl sites for hydroxylation is 1. The summed E-state index contributed by atoms with van der Waals surface area (Å²) in [6, 6.07) is 8.98. The zero-order chi connectivity index (χ0) is 15.5. The fourth-order valence-electron chi connectivity index (χ4n) is 2.82. The predicted octanol–water partition coefficient (Wildman–Crippen LogP) is 2.02. The van der Waals surface area contributed by atoms with Gasteiger partial charge >= 0.3 is 6.03 Å². The van der Waals surface area contributed by atoms with Crippen LogP contribution in [0.15, 0.2) is 30.3 Å². The van der Waals surface area contributed by atoms with E-state index in [2.05, 4.69) is 10.6 Å². The van der Waals surface area contributed by atoms with Crippen molar-refractivity contribution in [1.29, 1.82) is 0 Å². The summed E-state index contributed by atoms with van der Waals surface area (Å²) in [5, 5.41) is 4.48. The second-order valence-electron chi connectivity index (χ2n) is 5.50. The molecule has 0 aromatic heterocycles. The van der Waals surface area contributed by atoms with Crippen LogP contribution in [0.5, 0.6) is 0 Å². The summed E-state index contributed by atoms with van der Waals surface area (Å²) in [5.74, 6) is -1.11. The van der Waals surface area contributed by atoms with Crippen LogP contribution in [-0.4, -0.2) is 17.8 Å². The first-order chi connectivity index (χ1) is 10.0. The summed E-state index contributed by atoms with van der Waals surface area (Å²) in [5.41, 5.74) is -0.115. The van der Waals surface area contributed by atoms with Gasteiger partial charge in [0.15, 0.2) is 0 Å². The van der Waals surface area contributed by atoms with Crippen molar-refractivity contribution < 1.29 is 14.4 Å². The van der Waals surface area contributed by atoms with E-state index in [9.17, 15) is 14.4 Å². The van der Waals surface area contributed by atoms with Crippen molar-refractivity contribution in [1.82, 2.24) is 10.6 Å². The van der Waals surface area contributed by atoms with Crippen LogP contribution in [0.25, 0.3) is 0 Å². The summed E-state index contributed by atoms with van der Waals surface area (Å²) in [6.45, 7) is 3.81. The zero-order valence-electron chi connectivity index (χ0n) is 12.3. The van der Waals surface area contributed by atoms with Crippen molar-refractivity contribution in [3.05, 3.63) is 35.9 Å². The van der Waals surface area contributed by atoms with Crippen LogP contribution in [0, 0.1) is 11.3 Å². The maximum absolute atomic E-state index is 12.4. The number of benzene rings is 1. The van der Waals surface area contributed by atoms with Gasteiger partial charge in [0.2, 0.25) is 11.8 Å². The van der Waals surface area contributed by atoms with Crippen LogP contribution in [0.4, 0.5) is 4.79 Å². The molecule has 0 unspecified atom stereocenters. The molecule has 2 rings (SSSR count). The van der Waals surface area contributed by atoms with Crippen LogP contribution in [0.2, 0.25) is 0 Å². The van der Waals surface area contributed by atoms with Crippen molar-refractivity contribution >= 4 is 17.8 Å². The zero-order valence-corrected chi connectivity index (χ0v) is 12.3. The fourth-order valence-corrected chi connectivity index (χ4v) is 2.82. The molecular formula is C16H20N2O3. The van der Waals surface area contributed by atoms with E-state index in [1.807, 2.05) is 44.2 Å². The van der Waals surface area contributed by atoms with E-state index in [0.717, 1.165) is 5.56 Å². The van der Waals surface area contributed by atoms with Gasteiger partial charge in [0, 0.05) is 0 Å². The molecule has 112 valence electrons. The third-order valence-electron chi connectivity index (χ3n) is 4.37. The number of urea groups is 1. The lowest BCUT2D eigenvalue weighted by Crippen LogP contribution is -2.64. The largest absolute Gasteiger partial charge is 0.328 e. The molecule has 1 aromatic carbocycles. The van der Waals surface area contributed by atoms with Crippen molar-refractivity contribution in [3.63, 3.8) is 0 Å². The van der Waals surface area contributed by atoms with Gasteiger partial charge in [-0.3, -0.25) is 20.2 Å². The van der Waals surface area contributed by atoms with Gasteiger partial charge in [-0.25, -0.2) is 4.79 Å². The number of hydrogen-bond donors (Lipinski definition) is 2. The molecule has 5 nitrogen and oxygen atoms in total. The Morgan fingerprint density at radius 2 is 1.62 bits per heavy atom. The maximum atomic E-state index is 12.4. The van der Waals surface area contributed by atoms with Crippen molar-refractivity contribution in [2.75, 3.05) is 0 Å². The number of carbonyl (C=O) groups is 3. The average molecular weight is 288 g/mol. The number of rotatable bonds is 5. The van der Waals surface area contributed by atoms with E-state index >= 15 is 0 Å². The minimum Gasteiger partial charge on any atom is -0.277 e. The Morgan fingerprint density at radius 3 is 2.14 bits per heavy atom. The molecule has 2 N–H and O–H groups in total. The van der Waals surface area contributed by atoms with E-state index in [1.54, 1.807) is 0 Å². The van der Waals surface area contributed by atoms with Gasteiger partial charge in [0.1, 0.15) is 5.41 Å². The highest BCUT2D eigenvalue weighted by Crippen LogP contribution is 2.37. The third kappa shape index (κ3) is 2.82. The van der Waals surface area contributed by atoms with Crippen LogP contribution in [0.1, 0.15) is 32.3 Å². The maximum Gasteiger partial charge on any atom is 0.328 e. The molecule has 4 amide bonds. The average Bonchev–Trinajstić information content (AvgIpc) is 2.47. The molecule has 1 atom stereocenters. The molecule has 1 aliphatic rings. The summed E-state index contributed by atoms with van der Waals surface area (Å²) in [7, 11) is 0. The molecule has 1 fully saturated rings. The standard InChI is InChI=1S/C16H20N2O3/c1-3-11(2)16(10-9-12-7-5-4-6-8-12)13(19)17-15(21)18-14(16)20/h4-8,11H,3,9-10H2,1-2H3,(H2,17,18,19,20,21)/t11-/m1/s1. The Bertz CT molecular complexity index is 534. The van der Waals surface area contributed by atoms with Crippen molar-refractivity contribution in [2.24, 2.45) is 11.3 Å². The molecular weight excluding hydrogens is 268 g/mol. The van der Waals surface area contributed by atoms with E-state index in [1.165, 1.54) is 0 Å². The number of barbiturate groups is 1. The summed E-state index contributed by atoms with van der Waals surface area (Å²) in [4.78, 5) is 36.0. The second-order valence-corrected chi connectivity index (χ2v) is 5.50. The minimum absolute atomic E-state index is 0.144. The molecule has 1 aromatic rings. The highest BCUT2D eigenvalue weighted by molar-refractivity contribution is 6.19. The minimum atomic E-state index is -1.18. The summed E-state index contributed by atoms with van der Waals surface area (Å²) >= 11 is 0. The van der Waals surface area contributed by atoms with Crippen LogP contribution >= 0.6 is 0 Å². The van der Waals surface area contributed by atoms with Crippen LogP contribution in [0.3, 0.4) is 0 Å². The van der Waals surface area contributed by atoms with Gasteiger partial charge in [0.05, 0.1) is 0 Å². The lowest BCUT2D eigenvalue weighted by molar-refractivity contribution is -0.148. The van der Waals surface area contributed by atoms with E-state index in [0.29, 0.717) is 19.3 Å².